The van der Waals surface area contributed by atoms with Gasteiger partial charge in [0.2, 0.25) is 0 Å². The van der Waals surface area contributed by atoms with Gasteiger partial charge in [0.15, 0.2) is 5.69 Å². The molecule has 2 fully saturated rings. The lowest BCUT2D eigenvalue weighted by Crippen LogP contribution is -2.64. The van der Waals surface area contributed by atoms with Gasteiger partial charge in [0.05, 0.1) is 17.2 Å². The number of nitrogens with zero attached hydrogens (tertiary/aromatic N) is 3. The molecule has 0 radical (unpaired) electrons. The van der Waals surface area contributed by atoms with E-state index in [1.807, 2.05) is 6.07 Å². The number of likely N-dealkylation sites (tertiary alicyclic amines) is 1. The second kappa shape index (κ2) is 5.94. The number of rotatable bonds is 3. The molecule has 1 aromatic heterocycles. The number of pyridine rings is 1. The first kappa shape index (κ1) is 16.5. The van der Waals surface area contributed by atoms with Crippen LogP contribution in [-0.4, -0.2) is 46.8 Å². The van der Waals surface area contributed by atoms with Gasteiger partial charge in [0.1, 0.15) is 11.9 Å². The maximum Gasteiger partial charge on any atom is 0.161 e. The van der Waals surface area contributed by atoms with E-state index < -0.39 is 6.10 Å². The fraction of sp³-hybridized carbons (Fsp3) is 0.647. The second-order valence-corrected chi connectivity index (χ2v) is 7.74. The smallest absolute Gasteiger partial charge is 0.161 e. The largest absolute Gasteiger partial charge is 0.391 e. The molecule has 2 N–H and O–H groups in total. The Bertz CT molecular complexity index is 639. The van der Waals surface area contributed by atoms with Gasteiger partial charge in [0, 0.05) is 18.0 Å². The lowest BCUT2D eigenvalue weighted by Gasteiger charge is -2.57. The van der Waals surface area contributed by atoms with Crippen molar-refractivity contribution in [1.29, 1.82) is 5.26 Å². The van der Waals surface area contributed by atoms with Crippen LogP contribution in [0, 0.1) is 22.7 Å². The molecule has 2 heterocycles. The summed E-state index contributed by atoms with van der Waals surface area (Å²) in [6.45, 7) is 5.52. The molecule has 1 saturated carbocycles. The Kier molecular flexibility index (Phi) is 4.26. The fourth-order valence-electron chi connectivity index (χ4n) is 4.78. The Morgan fingerprint density at radius 2 is 2.22 bits per heavy atom. The van der Waals surface area contributed by atoms with E-state index in [4.69, 9.17) is 16.9 Å². The van der Waals surface area contributed by atoms with Gasteiger partial charge in [-0.05, 0) is 37.9 Å². The minimum absolute atomic E-state index is 0.0369. The van der Waals surface area contributed by atoms with Crippen LogP contribution in [0.2, 0.25) is 5.02 Å². The van der Waals surface area contributed by atoms with E-state index in [9.17, 15) is 5.11 Å². The summed E-state index contributed by atoms with van der Waals surface area (Å²) in [7, 11) is 2.16. The molecule has 4 atom stereocenters. The normalized spacial score (nSPS) is 33.7. The van der Waals surface area contributed by atoms with Gasteiger partial charge in [-0.2, -0.15) is 5.26 Å². The molecule has 0 aromatic carbocycles. The van der Waals surface area contributed by atoms with Crippen LogP contribution >= 0.6 is 11.6 Å². The summed E-state index contributed by atoms with van der Waals surface area (Å²) in [6.07, 6.45) is 1.34. The molecule has 0 amide bonds. The highest BCUT2D eigenvalue weighted by molar-refractivity contribution is 6.31. The van der Waals surface area contributed by atoms with E-state index in [-0.39, 0.29) is 17.2 Å². The Balaban J connectivity index is 1.74. The molecule has 23 heavy (non-hydrogen) atoms. The molecule has 1 saturated heterocycles. The molecule has 1 aliphatic heterocycles. The van der Waals surface area contributed by atoms with Crippen molar-refractivity contribution in [3.63, 3.8) is 0 Å². The van der Waals surface area contributed by atoms with E-state index in [0.29, 0.717) is 22.8 Å². The SMILES string of the molecule is CC(C)C1N(C)CC12C[C@@H](O)[C@H](Nc1ccc(Cl)c(C#N)n1)C2. The summed E-state index contributed by atoms with van der Waals surface area (Å²) >= 11 is 5.92. The van der Waals surface area contributed by atoms with E-state index in [0.717, 1.165) is 19.4 Å². The molecular formula is C17H23ClN4O. The number of anilines is 1. The molecule has 1 aromatic rings. The van der Waals surface area contributed by atoms with Gasteiger partial charge in [-0.3, -0.25) is 0 Å². The third kappa shape index (κ3) is 2.80. The highest BCUT2D eigenvalue weighted by atomic mass is 35.5. The van der Waals surface area contributed by atoms with Gasteiger partial charge in [-0.1, -0.05) is 25.4 Å². The zero-order chi connectivity index (χ0) is 16.8. The number of halogens is 1. The quantitative estimate of drug-likeness (QED) is 0.888. The summed E-state index contributed by atoms with van der Waals surface area (Å²) in [5.74, 6) is 1.17. The zero-order valence-electron chi connectivity index (χ0n) is 13.8. The summed E-state index contributed by atoms with van der Waals surface area (Å²) in [4.78, 5) is 6.61. The average Bonchev–Trinajstić information content (AvgIpc) is 2.78. The van der Waals surface area contributed by atoms with Crippen LogP contribution in [0.25, 0.3) is 0 Å². The predicted molar refractivity (Wildman–Crippen MR) is 90.3 cm³/mol. The molecule has 6 heteroatoms. The first-order chi connectivity index (χ1) is 10.9. The molecule has 1 spiro atoms. The van der Waals surface area contributed by atoms with Crippen molar-refractivity contribution < 1.29 is 5.11 Å². The Labute approximate surface area is 142 Å². The fourth-order valence-corrected chi connectivity index (χ4v) is 4.93. The molecule has 0 bridgehead atoms. The van der Waals surface area contributed by atoms with E-state index in [1.54, 1.807) is 12.1 Å². The second-order valence-electron chi connectivity index (χ2n) is 7.33. The third-order valence-electron chi connectivity index (χ3n) is 5.29. The van der Waals surface area contributed by atoms with Crippen molar-refractivity contribution in [3.05, 3.63) is 22.8 Å². The van der Waals surface area contributed by atoms with Crippen molar-refractivity contribution in [2.24, 2.45) is 11.3 Å². The summed E-state index contributed by atoms with van der Waals surface area (Å²) in [5, 5.41) is 23.2. The number of aliphatic hydroxyl groups excluding tert-OH is 1. The van der Waals surface area contributed by atoms with Crippen molar-refractivity contribution in [2.45, 2.75) is 44.9 Å². The highest BCUT2D eigenvalue weighted by Gasteiger charge is 2.58. The summed E-state index contributed by atoms with van der Waals surface area (Å²) < 4.78 is 0. The Morgan fingerprint density at radius 1 is 1.48 bits per heavy atom. The Hall–Kier alpha value is -1.35. The van der Waals surface area contributed by atoms with Gasteiger partial charge in [0.25, 0.3) is 0 Å². The number of hydrogen-bond acceptors (Lipinski definition) is 5. The highest BCUT2D eigenvalue weighted by Crippen LogP contribution is 2.52. The van der Waals surface area contributed by atoms with E-state index in [1.165, 1.54) is 0 Å². The van der Waals surface area contributed by atoms with Gasteiger partial charge >= 0.3 is 0 Å². The minimum atomic E-state index is -0.395. The number of aliphatic hydroxyl groups is 1. The van der Waals surface area contributed by atoms with Crippen molar-refractivity contribution in [1.82, 2.24) is 9.88 Å². The zero-order valence-corrected chi connectivity index (χ0v) is 14.5. The average molecular weight is 335 g/mol. The lowest BCUT2D eigenvalue weighted by atomic mass is 9.66. The standard InChI is InChI=1S/C17H23ClN4O/c1-10(2)16-17(9-22(16)3)6-12(14(23)7-17)20-15-5-4-11(18)13(8-19)21-15/h4-5,10,12,14,16,23H,6-7,9H2,1-3H3,(H,20,21)/t12-,14-,16?,17?/m1/s1. The first-order valence-electron chi connectivity index (χ1n) is 8.08. The summed E-state index contributed by atoms with van der Waals surface area (Å²) in [6, 6.07) is 5.88. The van der Waals surface area contributed by atoms with Crippen molar-refractivity contribution in [3.8, 4) is 6.07 Å². The van der Waals surface area contributed by atoms with Crippen molar-refractivity contribution in [2.75, 3.05) is 18.9 Å². The Morgan fingerprint density at radius 3 is 2.83 bits per heavy atom. The van der Waals surface area contributed by atoms with Crippen LogP contribution in [-0.2, 0) is 0 Å². The van der Waals surface area contributed by atoms with Crippen LogP contribution in [0.3, 0.4) is 0 Å². The van der Waals surface area contributed by atoms with Crippen LogP contribution in [0.5, 0.6) is 0 Å². The molecular weight excluding hydrogens is 312 g/mol. The van der Waals surface area contributed by atoms with Gasteiger partial charge in [-0.15, -0.1) is 0 Å². The van der Waals surface area contributed by atoms with Gasteiger partial charge in [-0.25, -0.2) is 4.98 Å². The maximum absolute atomic E-state index is 10.5. The van der Waals surface area contributed by atoms with Crippen LogP contribution < -0.4 is 5.32 Å². The van der Waals surface area contributed by atoms with Crippen LogP contribution in [0.4, 0.5) is 5.82 Å². The molecule has 124 valence electrons. The molecule has 2 aliphatic rings. The molecule has 1 aliphatic carbocycles. The van der Waals surface area contributed by atoms with Gasteiger partial charge < -0.3 is 15.3 Å². The topological polar surface area (TPSA) is 72.2 Å². The van der Waals surface area contributed by atoms with Crippen LogP contribution in [0.1, 0.15) is 32.4 Å². The molecule has 3 rings (SSSR count). The van der Waals surface area contributed by atoms with Crippen LogP contribution in [0.15, 0.2) is 12.1 Å². The first-order valence-corrected chi connectivity index (χ1v) is 8.45. The number of nitriles is 1. The monoisotopic (exact) mass is 334 g/mol. The molecule has 2 unspecified atom stereocenters. The third-order valence-corrected chi connectivity index (χ3v) is 5.59. The molecule has 5 nitrogen and oxygen atoms in total. The van der Waals surface area contributed by atoms with E-state index in [2.05, 4.69) is 36.1 Å². The maximum atomic E-state index is 10.5. The van der Waals surface area contributed by atoms with Crippen molar-refractivity contribution >= 4 is 17.4 Å². The van der Waals surface area contributed by atoms with E-state index >= 15 is 0 Å². The number of aromatic nitrogens is 1. The summed E-state index contributed by atoms with van der Waals surface area (Å²) in [5.41, 5.74) is 0.395. The predicted octanol–water partition coefficient (Wildman–Crippen LogP) is 2.50. The number of nitrogens with one attached hydrogen (secondary N) is 1. The number of hydrogen-bond donors (Lipinski definition) is 2. The minimum Gasteiger partial charge on any atom is -0.391 e. The lowest BCUT2D eigenvalue weighted by molar-refractivity contribution is -0.0825.